The first-order valence-electron chi connectivity index (χ1n) is 11.1. The summed E-state index contributed by atoms with van der Waals surface area (Å²) in [4.78, 5) is 22.2. The molecule has 2 aromatic heterocycles. The van der Waals surface area contributed by atoms with Crippen LogP contribution in [-0.4, -0.2) is 56.9 Å². The Balaban J connectivity index is 1.37. The van der Waals surface area contributed by atoms with Gasteiger partial charge in [0, 0.05) is 24.2 Å². The van der Waals surface area contributed by atoms with Crippen LogP contribution in [0.2, 0.25) is 5.02 Å². The zero-order valence-electron chi connectivity index (χ0n) is 19.6. The maximum Gasteiger partial charge on any atom is 0.246 e. The van der Waals surface area contributed by atoms with Gasteiger partial charge in [-0.2, -0.15) is 5.10 Å². The number of anilines is 2. The smallest absolute Gasteiger partial charge is 0.246 e. The van der Waals surface area contributed by atoms with Gasteiger partial charge in [-0.3, -0.25) is 9.48 Å². The van der Waals surface area contributed by atoms with Crippen LogP contribution in [0.5, 0.6) is 23.0 Å². The number of hydrogen-bond acceptors (Lipinski definition) is 8. The molecule has 0 aliphatic carbocycles. The molecule has 10 nitrogen and oxygen atoms in total. The number of methoxy groups -OCH3 is 1. The van der Waals surface area contributed by atoms with E-state index >= 15 is 0 Å². The number of aromatic nitrogens is 4. The number of likely N-dealkylation sites (tertiary alicyclic amines) is 1. The monoisotopic (exact) mass is 506 g/mol. The van der Waals surface area contributed by atoms with Gasteiger partial charge in [-0.25, -0.2) is 9.97 Å². The number of nitrogens with one attached hydrogen (secondary N) is 1. The highest BCUT2D eigenvalue weighted by Crippen LogP contribution is 2.37. The third-order valence-electron chi connectivity index (χ3n) is 5.65. The summed E-state index contributed by atoms with van der Waals surface area (Å²) < 4.78 is 19.1. The number of benzene rings is 2. The molecule has 1 N–H and O–H groups in total. The van der Waals surface area contributed by atoms with Gasteiger partial charge in [0.25, 0.3) is 0 Å². The molecule has 0 spiro atoms. The highest BCUT2D eigenvalue weighted by Gasteiger charge is 2.31. The van der Waals surface area contributed by atoms with E-state index in [0.29, 0.717) is 52.4 Å². The lowest BCUT2D eigenvalue weighted by molar-refractivity contribution is -0.134. The molecule has 5 rings (SSSR count). The first-order chi connectivity index (χ1) is 17.4. The van der Waals surface area contributed by atoms with Crippen molar-refractivity contribution < 1.29 is 19.0 Å². The first kappa shape index (κ1) is 23.4. The zero-order valence-corrected chi connectivity index (χ0v) is 20.4. The minimum Gasteiger partial charge on any atom is -0.493 e. The van der Waals surface area contributed by atoms with Crippen LogP contribution in [0.25, 0.3) is 10.9 Å². The van der Waals surface area contributed by atoms with E-state index in [1.807, 2.05) is 19.2 Å². The molecule has 0 radical (unpaired) electrons. The van der Waals surface area contributed by atoms with Crippen molar-refractivity contribution in [2.24, 2.45) is 7.05 Å². The minimum absolute atomic E-state index is 0.115. The van der Waals surface area contributed by atoms with Crippen molar-refractivity contribution in [2.75, 3.05) is 25.5 Å². The van der Waals surface area contributed by atoms with Crippen LogP contribution >= 0.6 is 11.6 Å². The van der Waals surface area contributed by atoms with Crippen LogP contribution in [-0.2, 0) is 11.8 Å². The summed E-state index contributed by atoms with van der Waals surface area (Å²) in [6.07, 6.45) is 5.99. The average molecular weight is 507 g/mol. The Bertz CT molecular complexity index is 1450. The summed E-state index contributed by atoms with van der Waals surface area (Å²) in [5.41, 5.74) is 1.39. The molecule has 2 aromatic carbocycles. The molecule has 3 heterocycles. The maximum absolute atomic E-state index is 11.7. The lowest BCUT2D eigenvalue weighted by atomic mass is 10.1. The highest BCUT2D eigenvalue weighted by molar-refractivity contribution is 6.32. The quantitative estimate of drug-likeness (QED) is 0.352. The highest BCUT2D eigenvalue weighted by atomic mass is 35.5. The summed E-state index contributed by atoms with van der Waals surface area (Å²) in [5.74, 6) is 2.63. The van der Waals surface area contributed by atoms with E-state index in [9.17, 15) is 4.79 Å². The summed E-state index contributed by atoms with van der Waals surface area (Å²) in [6.45, 7) is 4.48. The van der Waals surface area contributed by atoms with Crippen LogP contribution in [0.3, 0.4) is 0 Å². The third-order valence-corrected chi connectivity index (χ3v) is 5.95. The standard InChI is InChI=1S/C25H23ClN6O4/c1-4-24(33)32-12-17(13-32)36-23-8-18-20(9-22(23)34-3)27-14-28-25(18)30-15-5-6-21(19(26)7-15)35-16-10-29-31(2)11-16/h4-11,14,17H,1,12-13H2,2-3H3,(H,27,28,30). The van der Waals surface area contributed by atoms with Crippen LogP contribution in [0.1, 0.15) is 0 Å². The number of fused-ring (bicyclic) bond motifs is 1. The summed E-state index contributed by atoms with van der Waals surface area (Å²) in [7, 11) is 3.38. The Morgan fingerprint density at radius 2 is 2.03 bits per heavy atom. The van der Waals surface area contributed by atoms with Gasteiger partial charge in [-0.15, -0.1) is 0 Å². The predicted octanol–water partition coefficient (Wildman–Crippen LogP) is 4.34. The number of carbonyl (C=O) groups excluding carboxylic acids is 1. The minimum atomic E-state index is -0.146. The van der Waals surface area contributed by atoms with Crippen molar-refractivity contribution >= 4 is 39.9 Å². The molecule has 0 bridgehead atoms. The second-order valence-corrected chi connectivity index (χ2v) is 8.56. The van der Waals surface area contributed by atoms with Crippen molar-refractivity contribution in [1.82, 2.24) is 24.6 Å². The Morgan fingerprint density at radius 3 is 2.72 bits per heavy atom. The predicted molar refractivity (Wildman–Crippen MR) is 135 cm³/mol. The Labute approximate surface area is 212 Å². The molecular weight excluding hydrogens is 484 g/mol. The van der Waals surface area contributed by atoms with E-state index in [4.69, 9.17) is 25.8 Å². The van der Waals surface area contributed by atoms with Gasteiger partial charge in [0.15, 0.2) is 17.2 Å². The molecule has 0 unspecified atom stereocenters. The van der Waals surface area contributed by atoms with Gasteiger partial charge in [0.2, 0.25) is 5.91 Å². The number of nitrogens with zero attached hydrogens (tertiary/aromatic N) is 5. The van der Waals surface area contributed by atoms with E-state index in [-0.39, 0.29) is 12.0 Å². The van der Waals surface area contributed by atoms with Gasteiger partial charge < -0.3 is 24.4 Å². The number of hydrogen-bond donors (Lipinski definition) is 1. The number of carbonyl (C=O) groups is 1. The van der Waals surface area contributed by atoms with E-state index in [1.165, 1.54) is 12.4 Å². The van der Waals surface area contributed by atoms with Crippen molar-refractivity contribution in [1.29, 1.82) is 0 Å². The maximum atomic E-state index is 11.7. The molecular formula is C25H23ClN6O4. The van der Waals surface area contributed by atoms with Crippen LogP contribution in [0, 0.1) is 0 Å². The molecule has 1 fully saturated rings. The molecule has 0 atom stereocenters. The number of rotatable bonds is 8. The molecule has 0 saturated carbocycles. The first-order valence-corrected chi connectivity index (χ1v) is 11.4. The SMILES string of the molecule is C=CC(=O)N1CC(Oc2cc3c(Nc4ccc(Oc5cnn(C)c5)c(Cl)c4)ncnc3cc2OC)C1. The van der Waals surface area contributed by atoms with Gasteiger partial charge in [-0.05, 0) is 30.3 Å². The van der Waals surface area contributed by atoms with Gasteiger partial charge in [-0.1, -0.05) is 18.2 Å². The average Bonchev–Trinajstić information content (AvgIpc) is 3.26. The molecule has 36 heavy (non-hydrogen) atoms. The molecule has 1 amide bonds. The van der Waals surface area contributed by atoms with Crippen molar-refractivity contribution in [3.63, 3.8) is 0 Å². The molecule has 184 valence electrons. The summed E-state index contributed by atoms with van der Waals surface area (Å²) in [6, 6.07) is 8.98. The van der Waals surface area contributed by atoms with Gasteiger partial charge in [0.1, 0.15) is 24.0 Å². The fourth-order valence-electron chi connectivity index (χ4n) is 3.79. The fraction of sp³-hybridized carbons (Fsp3) is 0.200. The van der Waals surface area contributed by atoms with Crippen molar-refractivity contribution in [3.05, 3.63) is 66.7 Å². The Hall–Kier alpha value is -4.31. The number of ether oxygens (including phenoxy) is 3. The van der Waals surface area contributed by atoms with Crippen molar-refractivity contribution in [2.45, 2.75) is 6.10 Å². The van der Waals surface area contributed by atoms with Crippen LogP contribution < -0.4 is 19.5 Å². The van der Waals surface area contributed by atoms with E-state index in [1.54, 1.807) is 47.3 Å². The molecule has 1 aliphatic rings. The molecule has 1 aliphatic heterocycles. The Morgan fingerprint density at radius 1 is 1.19 bits per heavy atom. The normalized spacial score (nSPS) is 13.2. The zero-order chi connectivity index (χ0) is 25.2. The number of amides is 1. The van der Waals surface area contributed by atoms with Crippen LogP contribution in [0.15, 0.2) is 61.7 Å². The largest absolute Gasteiger partial charge is 0.493 e. The lowest BCUT2D eigenvalue weighted by Gasteiger charge is -2.38. The topological polar surface area (TPSA) is 104 Å². The third kappa shape index (κ3) is 4.76. The summed E-state index contributed by atoms with van der Waals surface area (Å²) in [5, 5.41) is 8.54. The summed E-state index contributed by atoms with van der Waals surface area (Å²) >= 11 is 6.46. The van der Waals surface area contributed by atoms with E-state index < -0.39 is 0 Å². The second kappa shape index (κ2) is 9.74. The number of halogens is 1. The molecule has 4 aromatic rings. The molecule has 1 saturated heterocycles. The molecule has 11 heteroatoms. The van der Waals surface area contributed by atoms with Crippen molar-refractivity contribution in [3.8, 4) is 23.0 Å². The van der Waals surface area contributed by atoms with E-state index in [2.05, 4.69) is 27.0 Å². The lowest BCUT2D eigenvalue weighted by Crippen LogP contribution is -2.55. The van der Waals surface area contributed by atoms with Crippen LogP contribution in [0.4, 0.5) is 11.5 Å². The fourth-order valence-corrected chi connectivity index (χ4v) is 4.01. The second-order valence-electron chi connectivity index (χ2n) is 8.15. The van der Waals surface area contributed by atoms with Gasteiger partial charge >= 0.3 is 0 Å². The van der Waals surface area contributed by atoms with E-state index in [0.717, 1.165) is 11.1 Å². The van der Waals surface area contributed by atoms with Gasteiger partial charge in [0.05, 0.1) is 43.1 Å². The Kier molecular flexibility index (Phi) is 6.34. The number of aryl methyl sites for hydroxylation is 1.